The molecule has 0 unspecified atom stereocenters. The number of nitrogen functional groups attached to an aromatic ring is 2. The second kappa shape index (κ2) is 3.80. The fraction of sp³-hybridized carbons (Fsp3) is 0.250. The quantitative estimate of drug-likeness (QED) is 0.330. The standard InChI is InChI=1S/C4H8N6O4S/c5-2-7-3(6)9-4(8-2)10(1-11)15(12,13)14/h11H,1H2,(H,12,13,14)(H4,5,6,7,8,9). The molecule has 0 bridgehead atoms. The molecule has 0 fully saturated rings. The molecule has 84 valence electrons. The van der Waals surface area contributed by atoms with E-state index in [1.807, 2.05) is 0 Å². The van der Waals surface area contributed by atoms with Crippen LogP contribution in [0.4, 0.5) is 17.8 Å². The van der Waals surface area contributed by atoms with Crippen LogP contribution in [-0.2, 0) is 10.3 Å². The highest BCUT2D eigenvalue weighted by Crippen LogP contribution is 2.12. The Balaban J connectivity index is 3.25. The van der Waals surface area contributed by atoms with E-state index in [0.29, 0.717) is 0 Å². The summed E-state index contributed by atoms with van der Waals surface area (Å²) in [6.07, 6.45) is 0. The molecule has 1 rings (SSSR count). The van der Waals surface area contributed by atoms with E-state index in [4.69, 9.17) is 21.1 Å². The molecule has 0 atom stereocenters. The summed E-state index contributed by atoms with van der Waals surface area (Å²) in [4.78, 5) is 10.1. The smallest absolute Gasteiger partial charge is 0.364 e. The number of aliphatic hydroxyl groups is 1. The molecular formula is C4H8N6O4S. The van der Waals surface area contributed by atoms with Crippen LogP contribution in [-0.4, -0.2) is 39.8 Å². The Morgan fingerprint density at radius 3 is 2.00 bits per heavy atom. The van der Waals surface area contributed by atoms with E-state index in [1.165, 1.54) is 0 Å². The normalized spacial score (nSPS) is 11.3. The van der Waals surface area contributed by atoms with Crippen molar-refractivity contribution in [1.82, 2.24) is 15.0 Å². The average Bonchev–Trinajstić information content (AvgIpc) is 1.99. The van der Waals surface area contributed by atoms with Crippen LogP contribution in [0.25, 0.3) is 0 Å². The van der Waals surface area contributed by atoms with Crippen molar-refractivity contribution >= 4 is 28.1 Å². The predicted octanol–water partition coefficient (Wildman–Crippen LogP) is -2.40. The molecule has 10 nitrogen and oxygen atoms in total. The zero-order chi connectivity index (χ0) is 11.6. The molecule has 6 N–H and O–H groups in total. The molecule has 1 aromatic heterocycles. The number of nitrogens with two attached hydrogens (primary N) is 2. The summed E-state index contributed by atoms with van der Waals surface area (Å²) >= 11 is 0. The van der Waals surface area contributed by atoms with E-state index in [0.717, 1.165) is 0 Å². The lowest BCUT2D eigenvalue weighted by Gasteiger charge is -2.15. The SMILES string of the molecule is Nc1nc(N)nc(N(CO)S(=O)(=O)O)n1. The van der Waals surface area contributed by atoms with Crippen molar-refractivity contribution in [3.8, 4) is 0 Å². The van der Waals surface area contributed by atoms with Crippen molar-refractivity contribution in [2.24, 2.45) is 0 Å². The number of aliphatic hydroxyl groups excluding tert-OH is 1. The van der Waals surface area contributed by atoms with E-state index in [-0.39, 0.29) is 16.2 Å². The Bertz CT molecular complexity index is 440. The zero-order valence-electron chi connectivity index (χ0n) is 7.27. The molecular weight excluding hydrogens is 228 g/mol. The summed E-state index contributed by atoms with van der Waals surface area (Å²) in [7, 11) is -4.68. The van der Waals surface area contributed by atoms with Gasteiger partial charge in [0.25, 0.3) is 0 Å². The molecule has 0 aliphatic rings. The molecule has 0 saturated carbocycles. The van der Waals surface area contributed by atoms with Gasteiger partial charge in [-0.25, -0.2) is 0 Å². The van der Waals surface area contributed by atoms with Gasteiger partial charge in [0.05, 0.1) is 0 Å². The van der Waals surface area contributed by atoms with Gasteiger partial charge >= 0.3 is 10.3 Å². The average molecular weight is 236 g/mol. The van der Waals surface area contributed by atoms with Crippen LogP contribution >= 0.6 is 0 Å². The van der Waals surface area contributed by atoms with Gasteiger partial charge in [-0.15, -0.1) is 0 Å². The molecule has 0 aromatic carbocycles. The first-order chi connectivity index (χ1) is 6.84. The lowest BCUT2D eigenvalue weighted by Crippen LogP contribution is -2.33. The largest absolute Gasteiger partial charge is 0.375 e. The molecule has 0 saturated heterocycles. The van der Waals surface area contributed by atoms with Crippen LogP contribution < -0.4 is 15.8 Å². The van der Waals surface area contributed by atoms with Crippen LogP contribution in [0.5, 0.6) is 0 Å². The molecule has 1 aromatic rings. The summed E-state index contributed by atoms with van der Waals surface area (Å²) in [5, 5.41) is 8.70. The Labute approximate surface area is 84.5 Å². The molecule has 11 heteroatoms. The summed E-state index contributed by atoms with van der Waals surface area (Å²) in [6, 6.07) is 0. The van der Waals surface area contributed by atoms with Crippen molar-refractivity contribution in [1.29, 1.82) is 0 Å². The van der Waals surface area contributed by atoms with E-state index >= 15 is 0 Å². The number of nitrogens with zero attached hydrogens (tertiary/aromatic N) is 4. The Hall–Kier alpha value is -1.72. The molecule has 0 amide bonds. The third-order valence-corrected chi connectivity index (χ3v) is 2.12. The Morgan fingerprint density at radius 1 is 1.20 bits per heavy atom. The van der Waals surface area contributed by atoms with Gasteiger partial charge in [-0.3, -0.25) is 4.55 Å². The van der Waals surface area contributed by atoms with Gasteiger partial charge in [0.2, 0.25) is 17.8 Å². The van der Waals surface area contributed by atoms with Crippen LogP contribution in [0.3, 0.4) is 0 Å². The van der Waals surface area contributed by atoms with Gasteiger partial charge in [-0.05, 0) is 0 Å². The lowest BCUT2D eigenvalue weighted by atomic mass is 10.8. The van der Waals surface area contributed by atoms with Crippen molar-refractivity contribution in [2.75, 3.05) is 22.5 Å². The second-order valence-electron chi connectivity index (χ2n) is 2.32. The lowest BCUT2D eigenvalue weighted by molar-refractivity contribution is 0.302. The van der Waals surface area contributed by atoms with Gasteiger partial charge in [0.15, 0.2) is 0 Å². The minimum absolute atomic E-state index is 0.0986. The van der Waals surface area contributed by atoms with Crippen LogP contribution in [0, 0.1) is 0 Å². The highest BCUT2D eigenvalue weighted by molar-refractivity contribution is 7.87. The Morgan fingerprint density at radius 2 is 1.67 bits per heavy atom. The van der Waals surface area contributed by atoms with Crippen molar-refractivity contribution in [3.63, 3.8) is 0 Å². The third kappa shape index (κ3) is 2.61. The topological polar surface area (TPSA) is 169 Å². The van der Waals surface area contributed by atoms with Gasteiger partial charge in [0, 0.05) is 0 Å². The first kappa shape index (κ1) is 11.4. The molecule has 0 radical (unpaired) electrons. The molecule has 0 aliphatic carbocycles. The monoisotopic (exact) mass is 236 g/mol. The maximum absolute atomic E-state index is 10.7. The zero-order valence-corrected chi connectivity index (χ0v) is 8.09. The predicted molar refractivity (Wildman–Crippen MR) is 49.8 cm³/mol. The maximum atomic E-state index is 10.7. The summed E-state index contributed by atoms with van der Waals surface area (Å²) in [5.74, 6) is -1.23. The number of hydrogen-bond acceptors (Lipinski definition) is 8. The fourth-order valence-electron chi connectivity index (χ4n) is 0.748. The van der Waals surface area contributed by atoms with Crippen molar-refractivity contribution in [2.45, 2.75) is 0 Å². The molecule has 0 aliphatic heterocycles. The van der Waals surface area contributed by atoms with Gasteiger partial charge in [0.1, 0.15) is 6.73 Å². The van der Waals surface area contributed by atoms with Crippen molar-refractivity contribution < 1.29 is 18.1 Å². The summed E-state index contributed by atoms with van der Waals surface area (Å²) < 4.78 is 30.2. The first-order valence-electron chi connectivity index (χ1n) is 3.47. The maximum Gasteiger partial charge on any atom is 0.364 e. The van der Waals surface area contributed by atoms with Gasteiger partial charge < -0.3 is 16.6 Å². The minimum atomic E-state index is -4.68. The number of hydrogen-bond donors (Lipinski definition) is 4. The minimum Gasteiger partial charge on any atom is -0.375 e. The third-order valence-electron chi connectivity index (χ3n) is 1.29. The van der Waals surface area contributed by atoms with Crippen molar-refractivity contribution in [3.05, 3.63) is 0 Å². The van der Waals surface area contributed by atoms with Crippen LogP contribution in [0.1, 0.15) is 0 Å². The second-order valence-corrected chi connectivity index (χ2v) is 3.66. The van der Waals surface area contributed by atoms with E-state index in [9.17, 15) is 8.42 Å². The molecule has 1 heterocycles. The van der Waals surface area contributed by atoms with Crippen LogP contribution in [0.15, 0.2) is 0 Å². The van der Waals surface area contributed by atoms with E-state index in [2.05, 4.69) is 15.0 Å². The van der Waals surface area contributed by atoms with Crippen LogP contribution in [0.2, 0.25) is 0 Å². The van der Waals surface area contributed by atoms with Gasteiger partial charge in [-0.2, -0.15) is 27.7 Å². The molecule has 0 spiro atoms. The molecule has 15 heavy (non-hydrogen) atoms. The summed E-state index contributed by atoms with van der Waals surface area (Å²) in [5.41, 5.74) is 10.3. The summed E-state index contributed by atoms with van der Waals surface area (Å²) in [6.45, 7) is -1.05. The highest BCUT2D eigenvalue weighted by atomic mass is 32.2. The number of rotatable bonds is 3. The fourth-order valence-corrected chi connectivity index (χ4v) is 1.18. The van der Waals surface area contributed by atoms with Gasteiger partial charge in [-0.1, -0.05) is 0 Å². The van der Waals surface area contributed by atoms with E-state index < -0.39 is 23.0 Å². The number of aromatic nitrogens is 3. The number of anilines is 3. The Kier molecular flexibility index (Phi) is 2.88. The van der Waals surface area contributed by atoms with E-state index in [1.54, 1.807) is 0 Å². The first-order valence-corrected chi connectivity index (χ1v) is 4.87. The highest BCUT2D eigenvalue weighted by Gasteiger charge is 2.22.